The van der Waals surface area contributed by atoms with Gasteiger partial charge in [0.25, 0.3) is 0 Å². The molecular weight excluding hydrogens is 212 g/mol. The van der Waals surface area contributed by atoms with Gasteiger partial charge in [-0.15, -0.1) is 0 Å². The Morgan fingerprint density at radius 3 is 2.41 bits per heavy atom. The van der Waals surface area contributed by atoms with Crippen molar-refractivity contribution < 1.29 is 4.79 Å². The number of benzene rings is 1. The fourth-order valence-corrected chi connectivity index (χ4v) is 1.25. The molecule has 0 radical (unpaired) electrons. The van der Waals surface area contributed by atoms with Gasteiger partial charge in [-0.2, -0.15) is 5.26 Å². The van der Waals surface area contributed by atoms with Gasteiger partial charge >= 0.3 is 0 Å². The Balaban J connectivity index is 2.76. The molecule has 0 unspecified atom stereocenters. The van der Waals surface area contributed by atoms with Gasteiger partial charge in [-0.05, 0) is 23.8 Å². The van der Waals surface area contributed by atoms with E-state index in [4.69, 9.17) is 5.26 Å². The third-order valence-corrected chi connectivity index (χ3v) is 2.23. The van der Waals surface area contributed by atoms with Gasteiger partial charge in [-0.25, -0.2) is 0 Å². The zero-order valence-corrected chi connectivity index (χ0v) is 9.92. The molecule has 0 fully saturated rings. The molecule has 0 atom stereocenters. The monoisotopic (exact) mass is 226 g/mol. The number of carbonyl (C=O) groups excluding carboxylic acids is 1. The Hall–Kier alpha value is -2.34. The summed E-state index contributed by atoms with van der Waals surface area (Å²) in [6, 6.07) is 9.77. The van der Waals surface area contributed by atoms with Crippen LogP contribution in [0.15, 0.2) is 42.0 Å². The fourth-order valence-electron chi connectivity index (χ4n) is 1.25. The quantitative estimate of drug-likeness (QED) is 0.343. The van der Waals surface area contributed by atoms with Crippen molar-refractivity contribution in [3.05, 3.63) is 47.6 Å². The van der Waals surface area contributed by atoms with Gasteiger partial charge in [0.2, 0.25) is 0 Å². The number of allylic oxidation sites excluding steroid dienone is 3. The molecule has 0 bridgehead atoms. The van der Waals surface area contributed by atoms with E-state index >= 15 is 0 Å². The molecule has 0 amide bonds. The summed E-state index contributed by atoms with van der Waals surface area (Å²) < 4.78 is 0. The minimum atomic E-state index is 0.117. The molecule has 0 aliphatic rings. The van der Waals surface area contributed by atoms with E-state index in [1.807, 2.05) is 49.3 Å². The third-order valence-electron chi connectivity index (χ3n) is 2.23. The lowest BCUT2D eigenvalue weighted by Crippen LogP contribution is -2.07. The van der Waals surface area contributed by atoms with E-state index in [1.165, 1.54) is 6.08 Å². The van der Waals surface area contributed by atoms with Crippen molar-refractivity contribution in [2.75, 3.05) is 19.0 Å². The number of hydrogen-bond donors (Lipinski definition) is 0. The van der Waals surface area contributed by atoms with Crippen LogP contribution in [0.3, 0.4) is 0 Å². The van der Waals surface area contributed by atoms with Gasteiger partial charge in [-0.1, -0.05) is 24.3 Å². The molecule has 0 aliphatic heterocycles. The second-order valence-electron chi connectivity index (χ2n) is 3.70. The van der Waals surface area contributed by atoms with Crippen LogP contribution in [0, 0.1) is 11.3 Å². The molecule has 1 aromatic rings. The highest BCUT2D eigenvalue weighted by Crippen LogP contribution is 2.13. The van der Waals surface area contributed by atoms with Crippen molar-refractivity contribution in [3.63, 3.8) is 0 Å². The molecule has 1 aromatic carbocycles. The first kappa shape index (κ1) is 12.7. The number of anilines is 1. The van der Waals surface area contributed by atoms with E-state index in [0.29, 0.717) is 6.29 Å². The highest BCUT2D eigenvalue weighted by atomic mass is 16.1. The van der Waals surface area contributed by atoms with Crippen LogP contribution < -0.4 is 4.90 Å². The van der Waals surface area contributed by atoms with Crippen LogP contribution in [0.5, 0.6) is 0 Å². The van der Waals surface area contributed by atoms with E-state index in [1.54, 1.807) is 12.1 Å². The Labute approximate surface area is 101 Å². The van der Waals surface area contributed by atoms with Gasteiger partial charge in [0.05, 0.1) is 5.57 Å². The summed E-state index contributed by atoms with van der Waals surface area (Å²) in [5, 5.41) is 8.53. The molecule has 0 saturated carbocycles. The number of rotatable bonds is 4. The predicted octanol–water partition coefficient (Wildman–Crippen LogP) is 2.41. The smallest absolute Gasteiger partial charge is 0.160 e. The Morgan fingerprint density at radius 2 is 1.94 bits per heavy atom. The van der Waals surface area contributed by atoms with Gasteiger partial charge in [0.15, 0.2) is 6.29 Å². The van der Waals surface area contributed by atoms with Crippen LogP contribution >= 0.6 is 0 Å². The lowest BCUT2D eigenvalue weighted by Gasteiger charge is -2.11. The largest absolute Gasteiger partial charge is 0.378 e. The summed E-state index contributed by atoms with van der Waals surface area (Å²) in [5.74, 6) is 0. The van der Waals surface area contributed by atoms with Gasteiger partial charge < -0.3 is 4.90 Å². The second kappa shape index (κ2) is 6.29. The predicted molar refractivity (Wildman–Crippen MR) is 69.6 cm³/mol. The molecular formula is C14H14N2O. The first-order valence-electron chi connectivity index (χ1n) is 5.18. The molecule has 86 valence electrons. The minimum absolute atomic E-state index is 0.117. The van der Waals surface area contributed by atoms with Crippen molar-refractivity contribution in [1.82, 2.24) is 0 Å². The first-order chi connectivity index (χ1) is 8.17. The maximum atomic E-state index is 10.4. The molecule has 0 N–H and O–H groups in total. The average Bonchev–Trinajstić information content (AvgIpc) is 2.35. The van der Waals surface area contributed by atoms with Crippen LogP contribution in [0.1, 0.15) is 5.56 Å². The van der Waals surface area contributed by atoms with Crippen LogP contribution in [-0.4, -0.2) is 20.4 Å². The van der Waals surface area contributed by atoms with Crippen molar-refractivity contribution in [1.29, 1.82) is 5.26 Å². The highest BCUT2D eigenvalue weighted by molar-refractivity contribution is 5.79. The zero-order chi connectivity index (χ0) is 12.7. The van der Waals surface area contributed by atoms with Gasteiger partial charge in [0.1, 0.15) is 6.07 Å². The van der Waals surface area contributed by atoms with Gasteiger partial charge in [-0.3, -0.25) is 4.79 Å². The summed E-state index contributed by atoms with van der Waals surface area (Å²) in [6.07, 6.45) is 5.57. The minimum Gasteiger partial charge on any atom is -0.378 e. The summed E-state index contributed by atoms with van der Waals surface area (Å²) >= 11 is 0. The van der Waals surface area contributed by atoms with E-state index in [-0.39, 0.29) is 5.57 Å². The van der Waals surface area contributed by atoms with E-state index in [2.05, 4.69) is 0 Å². The van der Waals surface area contributed by atoms with Gasteiger partial charge in [0, 0.05) is 19.8 Å². The standard InChI is InChI=1S/C14H14N2O/c1-16(2)14-8-6-12(7-9-14)4-3-5-13(10-15)11-17/h3-9,11H,1-2H3. The lowest BCUT2D eigenvalue weighted by atomic mass is 10.2. The molecule has 3 nitrogen and oxygen atoms in total. The molecule has 0 spiro atoms. The maximum absolute atomic E-state index is 10.4. The number of nitriles is 1. The molecule has 0 aliphatic carbocycles. The normalized spacial score (nSPS) is 11.2. The summed E-state index contributed by atoms with van der Waals surface area (Å²) in [7, 11) is 3.97. The molecule has 0 aromatic heterocycles. The number of nitrogens with zero attached hydrogens (tertiary/aromatic N) is 2. The van der Waals surface area contributed by atoms with Crippen molar-refractivity contribution in [3.8, 4) is 6.07 Å². The summed E-state index contributed by atoms with van der Waals surface area (Å²) in [5.41, 5.74) is 2.27. The zero-order valence-electron chi connectivity index (χ0n) is 9.92. The van der Waals surface area contributed by atoms with Crippen molar-refractivity contribution >= 4 is 18.0 Å². The fraction of sp³-hybridized carbons (Fsp3) is 0.143. The average molecular weight is 226 g/mol. The Morgan fingerprint density at radius 1 is 1.29 bits per heavy atom. The van der Waals surface area contributed by atoms with Crippen molar-refractivity contribution in [2.24, 2.45) is 0 Å². The lowest BCUT2D eigenvalue weighted by molar-refractivity contribution is -0.104. The third kappa shape index (κ3) is 3.96. The highest BCUT2D eigenvalue weighted by Gasteiger charge is 1.93. The number of aldehydes is 1. The molecule has 0 saturated heterocycles. The van der Waals surface area contributed by atoms with E-state index < -0.39 is 0 Å². The van der Waals surface area contributed by atoms with Crippen LogP contribution in [0.2, 0.25) is 0 Å². The Kier molecular flexibility index (Phi) is 4.71. The molecule has 0 heterocycles. The van der Waals surface area contributed by atoms with E-state index in [0.717, 1.165) is 11.3 Å². The number of hydrogen-bond acceptors (Lipinski definition) is 3. The van der Waals surface area contributed by atoms with Crippen LogP contribution in [0.4, 0.5) is 5.69 Å². The van der Waals surface area contributed by atoms with Crippen LogP contribution in [0.25, 0.3) is 6.08 Å². The van der Waals surface area contributed by atoms with Crippen LogP contribution in [-0.2, 0) is 4.79 Å². The SMILES string of the molecule is CN(C)c1ccc(C=CC=C(C#N)C=O)cc1. The molecule has 17 heavy (non-hydrogen) atoms. The molecule has 1 rings (SSSR count). The molecule has 3 heteroatoms. The van der Waals surface area contributed by atoms with E-state index in [9.17, 15) is 4.79 Å². The number of carbonyl (C=O) groups is 1. The maximum Gasteiger partial charge on any atom is 0.160 e. The second-order valence-corrected chi connectivity index (χ2v) is 3.70. The summed E-state index contributed by atoms with van der Waals surface area (Å²) in [4.78, 5) is 12.4. The summed E-state index contributed by atoms with van der Waals surface area (Å²) in [6.45, 7) is 0. The Bertz CT molecular complexity index is 476. The topological polar surface area (TPSA) is 44.1 Å². The van der Waals surface area contributed by atoms with Crippen molar-refractivity contribution in [2.45, 2.75) is 0 Å². The first-order valence-corrected chi connectivity index (χ1v) is 5.18.